The van der Waals surface area contributed by atoms with Crippen LogP contribution in [0.25, 0.3) is 6.08 Å². The SMILES string of the molecule is Cc1cccc(/C=C/NCCP(c2ccccc2)c2ccccc2)n1. The normalized spacial score (nSPS) is 11.1. The summed E-state index contributed by atoms with van der Waals surface area (Å²) < 4.78 is 0. The monoisotopic (exact) mass is 346 g/mol. The summed E-state index contributed by atoms with van der Waals surface area (Å²) in [7, 11) is -0.339. The molecule has 3 heteroatoms. The minimum atomic E-state index is -0.339. The molecular weight excluding hydrogens is 323 g/mol. The van der Waals surface area contributed by atoms with Crippen LogP contribution in [0.5, 0.6) is 0 Å². The number of pyridine rings is 1. The molecule has 0 atom stereocenters. The van der Waals surface area contributed by atoms with Gasteiger partial charge < -0.3 is 5.32 Å². The van der Waals surface area contributed by atoms with Crippen LogP contribution in [-0.4, -0.2) is 17.7 Å². The largest absolute Gasteiger partial charge is 0.390 e. The Balaban J connectivity index is 1.62. The number of aromatic nitrogens is 1. The maximum Gasteiger partial charge on any atom is 0.0647 e. The molecule has 0 aliphatic heterocycles. The maximum absolute atomic E-state index is 4.48. The number of nitrogens with zero attached hydrogens (tertiary/aromatic N) is 1. The Bertz CT molecular complexity index is 761. The van der Waals surface area contributed by atoms with Crippen LogP contribution in [0.1, 0.15) is 11.4 Å². The molecule has 3 rings (SSSR count). The molecule has 2 aromatic carbocycles. The fourth-order valence-electron chi connectivity index (χ4n) is 2.68. The minimum Gasteiger partial charge on any atom is -0.390 e. The Hall–Kier alpha value is -2.44. The van der Waals surface area contributed by atoms with Crippen LogP contribution in [0, 0.1) is 6.92 Å². The van der Waals surface area contributed by atoms with Crippen LogP contribution in [0.3, 0.4) is 0 Å². The number of benzene rings is 2. The lowest BCUT2D eigenvalue weighted by molar-refractivity contribution is 0.930. The summed E-state index contributed by atoms with van der Waals surface area (Å²) in [5, 5.41) is 6.27. The minimum absolute atomic E-state index is 0.339. The van der Waals surface area contributed by atoms with E-state index in [2.05, 4.69) is 71.0 Å². The van der Waals surface area contributed by atoms with Crippen LogP contribution in [-0.2, 0) is 0 Å². The average Bonchev–Trinajstić information content (AvgIpc) is 2.66. The van der Waals surface area contributed by atoms with Crippen molar-refractivity contribution in [1.82, 2.24) is 10.3 Å². The highest BCUT2D eigenvalue weighted by Crippen LogP contribution is 2.32. The number of nitrogens with one attached hydrogen (secondary N) is 1. The smallest absolute Gasteiger partial charge is 0.0647 e. The zero-order chi connectivity index (χ0) is 17.3. The maximum atomic E-state index is 4.48. The zero-order valence-electron chi connectivity index (χ0n) is 14.5. The van der Waals surface area contributed by atoms with Gasteiger partial charge in [-0.25, -0.2) is 0 Å². The first-order chi connectivity index (χ1) is 12.3. The van der Waals surface area contributed by atoms with E-state index < -0.39 is 0 Å². The summed E-state index contributed by atoms with van der Waals surface area (Å²) >= 11 is 0. The molecule has 0 saturated heterocycles. The third kappa shape index (κ3) is 5.27. The molecule has 2 nitrogen and oxygen atoms in total. The Kier molecular flexibility index (Phi) is 6.36. The van der Waals surface area contributed by atoms with E-state index in [4.69, 9.17) is 0 Å². The van der Waals surface area contributed by atoms with Gasteiger partial charge in [0, 0.05) is 12.2 Å². The molecule has 0 unspecified atom stereocenters. The van der Waals surface area contributed by atoms with E-state index >= 15 is 0 Å². The molecule has 0 fully saturated rings. The van der Waals surface area contributed by atoms with Gasteiger partial charge in [0.05, 0.1) is 5.69 Å². The second kappa shape index (κ2) is 9.15. The van der Waals surface area contributed by atoms with Crippen molar-refractivity contribution in [3.63, 3.8) is 0 Å². The summed E-state index contributed by atoms with van der Waals surface area (Å²) in [5.41, 5.74) is 2.03. The molecule has 0 amide bonds. The van der Waals surface area contributed by atoms with Crippen molar-refractivity contribution < 1.29 is 0 Å². The van der Waals surface area contributed by atoms with Crippen molar-refractivity contribution in [1.29, 1.82) is 0 Å². The van der Waals surface area contributed by atoms with Crippen molar-refractivity contribution in [3.05, 3.63) is 96.5 Å². The number of rotatable bonds is 7. The summed E-state index contributed by atoms with van der Waals surface area (Å²) in [6.07, 6.45) is 5.14. The highest BCUT2D eigenvalue weighted by atomic mass is 31.1. The van der Waals surface area contributed by atoms with Gasteiger partial charge in [-0.1, -0.05) is 66.7 Å². The topological polar surface area (TPSA) is 24.9 Å². The van der Waals surface area contributed by atoms with Gasteiger partial charge in [-0.05, 0) is 56.0 Å². The van der Waals surface area contributed by atoms with Gasteiger partial charge in [-0.2, -0.15) is 0 Å². The summed E-state index contributed by atoms with van der Waals surface area (Å²) in [4.78, 5) is 4.48. The Morgan fingerprint density at radius 3 is 2.08 bits per heavy atom. The van der Waals surface area contributed by atoms with Crippen molar-refractivity contribution in [3.8, 4) is 0 Å². The molecule has 1 heterocycles. The summed E-state index contributed by atoms with van der Waals surface area (Å²) in [5.74, 6) is 0. The second-order valence-electron chi connectivity index (χ2n) is 5.81. The predicted octanol–water partition coefficient (Wildman–Crippen LogP) is 4.08. The highest BCUT2D eigenvalue weighted by Gasteiger charge is 2.12. The number of hydrogen-bond donors (Lipinski definition) is 1. The van der Waals surface area contributed by atoms with E-state index in [0.29, 0.717) is 0 Å². The van der Waals surface area contributed by atoms with Gasteiger partial charge in [0.1, 0.15) is 0 Å². The lowest BCUT2D eigenvalue weighted by Crippen LogP contribution is -2.19. The molecule has 1 aromatic heterocycles. The first kappa shape index (κ1) is 17.4. The fourth-order valence-corrected chi connectivity index (χ4v) is 4.92. The van der Waals surface area contributed by atoms with E-state index in [1.165, 1.54) is 10.6 Å². The van der Waals surface area contributed by atoms with Crippen LogP contribution in [0.2, 0.25) is 0 Å². The third-order valence-corrected chi connectivity index (χ3v) is 6.41. The number of hydrogen-bond acceptors (Lipinski definition) is 2. The van der Waals surface area contributed by atoms with E-state index in [1.807, 2.05) is 37.4 Å². The molecule has 25 heavy (non-hydrogen) atoms. The zero-order valence-corrected chi connectivity index (χ0v) is 15.4. The van der Waals surface area contributed by atoms with Gasteiger partial charge in [0.25, 0.3) is 0 Å². The Labute approximate surface area is 151 Å². The molecule has 1 N–H and O–H groups in total. The van der Waals surface area contributed by atoms with Crippen LogP contribution in [0.4, 0.5) is 0 Å². The van der Waals surface area contributed by atoms with Crippen molar-refractivity contribution >= 4 is 24.6 Å². The standard InChI is InChI=1S/C22H23N2P/c1-19-9-8-10-20(24-19)15-16-23-17-18-25(21-11-4-2-5-12-21)22-13-6-3-7-14-22/h2-16,23H,17-18H2,1H3/b16-15+. The second-order valence-corrected chi connectivity index (χ2v) is 8.15. The molecule has 126 valence electrons. The summed E-state index contributed by atoms with van der Waals surface area (Å²) in [6.45, 7) is 2.95. The predicted molar refractivity (Wildman–Crippen MR) is 110 cm³/mol. The fraction of sp³-hybridized carbons (Fsp3) is 0.136. The first-order valence-electron chi connectivity index (χ1n) is 8.54. The van der Waals surface area contributed by atoms with Crippen LogP contribution < -0.4 is 15.9 Å². The van der Waals surface area contributed by atoms with Gasteiger partial charge in [-0.15, -0.1) is 0 Å². The van der Waals surface area contributed by atoms with Crippen LogP contribution >= 0.6 is 7.92 Å². The molecule has 0 aliphatic carbocycles. The van der Waals surface area contributed by atoms with Gasteiger partial charge in [-0.3, -0.25) is 4.98 Å². The Morgan fingerprint density at radius 2 is 1.48 bits per heavy atom. The van der Waals surface area contributed by atoms with E-state index in [1.54, 1.807) is 0 Å². The Morgan fingerprint density at radius 1 is 0.840 bits per heavy atom. The van der Waals surface area contributed by atoms with E-state index in [-0.39, 0.29) is 7.92 Å². The summed E-state index contributed by atoms with van der Waals surface area (Å²) in [6, 6.07) is 27.7. The van der Waals surface area contributed by atoms with E-state index in [0.717, 1.165) is 24.1 Å². The third-order valence-electron chi connectivity index (χ3n) is 3.90. The number of aryl methyl sites for hydroxylation is 1. The van der Waals surface area contributed by atoms with Gasteiger partial charge in [0.2, 0.25) is 0 Å². The van der Waals surface area contributed by atoms with Gasteiger partial charge in [0.15, 0.2) is 0 Å². The van der Waals surface area contributed by atoms with Crippen molar-refractivity contribution in [2.45, 2.75) is 6.92 Å². The lowest BCUT2D eigenvalue weighted by atomic mass is 10.3. The molecule has 0 saturated carbocycles. The van der Waals surface area contributed by atoms with Gasteiger partial charge >= 0.3 is 0 Å². The molecule has 0 bridgehead atoms. The molecule has 0 aliphatic rings. The molecular formula is C22H23N2P. The van der Waals surface area contributed by atoms with Crippen molar-refractivity contribution in [2.24, 2.45) is 0 Å². The molecule has 0 spiro atoms. The first-order valence-corrected chi connectivity index (χ1v) is 10.1. The average molecular weight is 346 g/mol. The molecule has 0 radical (unpaired) electrons. The lowest BCUT2D eigenvalue weighted by Gasteiger charge is -2.18. The highest BCUT2D eigenvalue weighted by molar-refractivity contribution is 7.73. The molecule has 3 aromatic rings. The quantitative estimate of drug-likeness (QED) is 0.515. The van der Waals surface area contributed by atoms with E-state index in [9.17, 15) is 0 Å². The van der Waals surface area contributed by atoms with Crippen LogP contribution in [0.15, 0.2) is 85.1 Å². The van der Waals surface area contributed by atoms with Crippen molar-refractivity contribution in [2.75, 3.05) is 12.7 Å².